The highest BCUT2D eigenvalue weighted by Crippen LogP contribution is 2.32. The molecule has 29 heavy (non-hydrogen) atoms. The highest BCUT2D eigenvalue weighted by molar-refractivity contribution is 7.99. The Morgan fingerprint density at radius 2 is 1.90 bits per heavy atom. The highest BCUT2D eigenvalue weighted by Gasteiger charge is 2.37. The van der Waals surface area contributed by atoms with Gasteiger partial charge >= 0.3 is 0 Å². The molecule has 1 unspecified atom stereocenters. The zero-order valence-electron chi connectivity index (χ0n) is 17.2. The van der Waals surface area contributed by atoms with Crippen molar-refractivity contribution in [2.45, 2.75) is 44.8 Å². The number of hydrogen-bond acceptors (Lipinski definition) is 5. The number of amides is 2. The minimum atomic E-state index is 0.0728. The summed E-state index contributed by atoms with van der Waals surface area (Å²) in [6.07, 6.45) is 2.03. The summed E-state index contributed by atoms with van der Waals surface area (Å²) < 4.78 is 2.00. The van der Waals surface area contributed by atoms with Crippen LogP contribution >= 0.6 is 11.8 Å². The Morgan fingerprint density at radius 3 is 2.59 bits per heavy atom. The van der Waals surface area contributed by atoms with Gasteiger partial charge in [-0.3, -0.25) is 14.2 Å². The van der Waals surface area contributed by atoms with E-state index in [-0.39, 0.29) is 23.8 Å². The fourth-order valence-corrected chi connectivity index (χ4v) is 4.72. The number of carbonyl (C=O) groups excluding carboxylic acids is 2. The van der Waals surface area contributed by atoms with Crippen LogP contribution in [0.2, 0.25) is 0 Å². The first kappa shape index (κ1) is 19.9. The van der Waals surface area contributed by atoms with Gasteiger partial charge in [0.15, 0.2) is 5.16 Å². The number of para-hydroxylation sites is 1. The fourth-order valence-electron chi connectivity index (χ4n) is 3.82. The molecule has 0 bridgehead atoms. The maximum Gasteiger partial charge on any atom is 0.233 e. The minimum absolute atomic E-state index is 0.0728. The number of aromatic nitrogens is 3. The van der Waals surface area contributed by atoms with E-state index in [9.17, 15) is 9.59 Å². The van der Waals surface area contributed by atoms with Crippen molar-refractivity contribution in [3.8, 4) is 5.69 Å². The molecule has 0 N–H and O–H groups in total. The van der Waals surface area contributed by atoms with Gasteiger partial charge in [-0.25, -0.2) is 0 Å². The van der Waals surface area contributed by atoms with Crippen LogP contribution < -0.4 is 0 Å². The second-order valence-corrected chi connectivity index (χ2v) is 8.88. The minimum Gasteiger partial charge on any atom is -0.338 e. The number of thioether (sulfide) groups is 1. The van der Waals surface area contributed by atoms with Gasteiger partial charge in [-0.1, -0.05) is 30.0 Å². The largest absolute Gasteiger partial charge is 0.338 e. The normalized spacial score (nSPS) is 19.5. The SMILES string of the molecule is Cc1ccccc1-n1c(C)nnc1SCC(=O)N1CCN(C(=O)C2CC2)C(C)C1. The van der Waals surface area contributed by atoms with Crippen molar-refractivity contribution < 1.29 is 9.59 Å². The zero-order chi connectivity index (χ0) is 20.5. The van der Waals surface area contributed by atoms with Crippen LogP contribution in [0.1, 0.15) is 31.2 Å². The average Bonchev–Trinajstić information content (AvgIpc) is 3.50. The van der Waals surface area contributed by atoms with E-state index in [0.717, 1.165) is 35.1 Å². The van der Waals surface area contributed by atoms with Crippen LogP contribution in [0.15, 0.2) is 29.4 Å². The molecule has 154 valence electrons. The maximum atomic E-state index is 12.8. The van der Waals surface area contributed by atoms with Gasteiger partial charge in [0.1, 0.15) is 5.82 Å². The predicted octanol–water partition coefficient (Wildman–Crippen LogP) is 2.45. The van der Waals surface area contributed by atoms with Gasteiger partial charge in [0.2, 0.25) is 11.8 Å². The molecule has 8 heteroatoms. The van der Waals surface area contributed by atoms with Crippen molar-refractivity contribution in [3.63, 3.8) is 0 Å². The van der Waals surface area contributed by atoms with Crippen LogP contribution in [0, 0.1) is 19.8 Å². The molecule has 4 rings (SSSR count). The van der Waals surface area contributed by atoms with Gasteiger partial charge in [-0.05, 0) is 45.2 Å². The number of rotatable bonds is 5. The van der Waals surface area contributed by atoms with Gasteiger partial charge in [-0.2, -0.15) is 0 Å². The Bertz CT molecular complexity index is 924. The predicted molar refractivity (Wildman–Crippen MR) is 112 cm³/mol. The number of hydrogen-bond donors (Lipinski definition) is 0. The van der Waals surface area contributed by atoms with E-state index < -0.39 is 0 Å². The average molecular weight is 414 g/mol. The van der Waals surface area contributed by atoms with E-state index in [2.05, 4.69) is 23.2 Å². The Hall–Kier alpha value is -2.35. The smallest absolute Gasteiger partial charge is 0.233 e. The molecule has 2 fully saturated rings. The van der Waals surface area contributed by atoms with Crippen molar-refractivity contribution >= 4 is 23.6 Å². The van der Waals surface area contributed by atoms with Crippen molar-refractivity contribution in [1.29, 1.82) is 0 Å². The molecule has 2 heterocycles. The Kier molecular flexibility index (Phi) is 5.63. The van der Waals surface area contributed by atoms with Crippen LogP contribution in [-0.2, 0) is 9.59 Å². The summed E-state index contributed by atoms with van der Waals surface area (Å²) >= 11 is 1.41. The first-order valence-corrected chi connectivity index (χ1v) is 11.1. The molecule has 1 atom stereocenters. The number of benzene rings is 1. The van der Waals surface area contributed by atoms with Crippen LogP contribution in [-0.4, -0.2) is 67.8 Å². The Balaban J connectivity index is 1.38. The molecule has 1 aromatic carbocycles. The summed E-state index contributed by atoms with van der Waals surface area (Å²) in [7, 11) is 0. The van der Waals surface area contributed by atoms with E-state index in [1.807, 2.05) is 46.4 Å². The van der Waals surface area contributed by atoms with E-state index in [4.69, 9.17) is 0 Å². The van der Waals surface area contributed by atoms with Gasteiger partial charge in [0, 0.05) is 31.6 Å². The molecule has 1 aromatic heterocycles. The molecule has 2 aromatic rings. The lowest BCUT2D eigenvalue weighted by Crippen LogP contribution is -2.56. The molecule has 1 saturated carbocycles. The fraction of sp³-hybridized carbons (Fsp3) is 0.524. The molecule has 1 saturated heterocycles. The van der Waals surface area contributed by atoms with Crippen LogP contribution in [0.25, 0.3) is 5.69 Å². The summed E-state index contributed by atoms with van der Waals surface area (Å²) in [5.74, 6) is 1.69. The third-order valence-electron chi connectivity index (χ3n) is 5.67. The van der Waals surface area contributed by atoms with Crippen LogP contribution in [0.4, 0.5) is 0 Å². The summed E-state index contributed by atoms with van der Waals surface area (Å²) in [6, 6.07) is 8.16. The van der Waals surface area contributed by atoms with Crippen molar-refractivity contribution in [3.05, 3.63) is 35.7 Å². The molecule has 0 spiro atoms. The highest BCUT2D eigenvalue weighted by atomic mass is 32.2. The first-order valence-electron chi connectivity index (χ1n) is 10.1. The molecular weight excluding hydrogens is 386 g/mol. The summed E-state index contributed by atoms with van der Waals surface area (Å²) in [5, 5.41) is 9.21. The first-order chi connectivity index (χ1) is 14.0. The Labute approximate surface area is 175 Å². The van der Waals surface area contributed by atoms with E-state index in [1.54, 1.807) is 0 Å². The molecule has 7 nitrogen and oxygen atoms in total. The second-order valence-electron chi connectivity index (χ2n) is 7.94. The van der Waals surface area contributed by atoms with Crippen molar-refractivity contribution in [1.82, 2.24) is 24.6 Å². The number of aryl methyl sites for hydroxylation is 2. The summed E-state index contributed by atoms with van der Waals surface area (Å²) in [4.78, 5) is 29.0. The molecule has 2 amide bonds. The summed E-state index contributed by atoms with van der Waals surface area (Å²) in [5.41, 5.74) is 2.17. The number of nitrogens with zero attached hydrogens (tertiary/aromatic N) is 5. The Morgan fingerprint density at radius 1 is 1.14 bits per heavy atom. The molecular formula is C21H27N5O2S. The molecule has 1 aliphatic heterocycles. The lowest BCUT2D eigenvalue weighted by Gasteiger charge is -2.40. The van der Waals surface area contributed by atoms with Gasteiger partial charge in [-0.15, -0.1) is 10.2 Å². The van der Waals surface area contributed by atoms with Crippen molar-refractivity contribution in [2.75, 3.05) is 25.4 Å². The van der Waals surface area contributed by atoms with E-state index >= 15 is 0 Å². The number of carbonyl (C=O) groups is 2. The number of piperazine rings is 1. The van der Waals surface area contributed by atoms with Crippen LogP contribution in [0.3, 0.4) is 0 Å². The monoisotopic (exact) mass is 413 g/mol. The lowest BCUT2D eigenvalue weighted by atomic mass is 10.1. The van der Waals surface area contributed by atoms with Crippen LogP contribution in [0.5, 0.6) is 0 Å². The molecule has 1 aliphatic carbocycles. The van der Waals surface area contributed by atoms with E-state index in [0.29, 0.717) is 25.4 Å². The third kappa shape index (κ3) is 4.17. The quantitative estimate of drug-likeness (QED) is 0.704. The van der Waals surface area contributed by atoms with Gasteiger partial charge in [0.25, 0.3) is 0 Å². The van der Waals surface area contributed by atoms with Crippen molar-refractivity contribution in [2.24, 2.45) is 5.92 Å². The van der Waals surface area contributed by atoms with E-state index in [1.165, 1.54) is 11.8 Å². The maximum absolute atomic E-state index is 12.8. The topological polar surface area (TPSA) is 71.3 Å². The van der Waals surface area contributed by atoms with Gasteiger partial charge in [0.05, 0.1) is 11.4 Å². The second kappa shape index (κ2) is 8.18. The lowest BCUT2D eigenvalue weighted by molar-refractivity contribution is -0.142. The zero-order valence-corrected chi connectivity index (χ0v) is 18.0. The van der Waals surface area contributed by atoms with Gasteiger partial charge < -0.3 is 9.80 Å². The molecule has 0 radical (unpaired) electrons. The molecule has 2 aliphatic rings. The third-order valence-corrected chi connectivity index (χ3v) is 6.58. The summed E-state index contributed by atoms with van der Waals surface area (Å²) in [6.45, 7) is 7.84. The standard InChI is InChI=1S/C21H27N5O2S/c1-14-6-4-5-7-18(14)26-16(3)22-23-21(26)29-13-19(27)24-10-11-25(15(2)12-24)20(28)17-8-9-17/h4-7,15,17H,8-13H2,1-3H3.